The van der Waals surface area contributed by atoms with Crippen LogP contribution >= 0.6 is 0 Å². The molecule has 0 aromatic carbocycles. The highest BCUT2D eigenvalue weighted by atomic mass is 16.5. The smallest absolute Gasteiger partial charge is 0.326 e. The molecule has 0 aromatic heterocycles. The lowest BCUT2D eigenvalue weighted by molar-refractivity contribution is -0.161. The maximum absolute atomic E-state index is 11.3. The van der Waals surface area contributed by atoms with E-state index in [0.29, 0.717) is 19.7 Å². The Morgan fingerprint density at radius 1 is 1.69 bits per heavy atom. The van der Waals surface area contributed by atoms with Gasteiger partial charge in [0.15, 0.2) is 0 Å². The zero-order valence-corrected chi connectivity index (χ0v) is 10.2. The second-order valence-corrected chi connectivity index (χ2v) is 4.36. The first-order valence-electron chi connectivity index (χ1n) is 5.63. The van der Waals surface area contributed by atoms with E-state index >= 15 is 0 Å². The molecule has 94 valence electrons. The van der Waals surface area contributed by atoms with Crippen molar-refractivity contribution in [2.24, 2.45) is 0 Å². The maximum atomic E-state index is 11.3. The Balaban J connectivity index is 2.74. The van der Waals surface area contributed by atoms with Crippen molar-refractivity contribution in [3.63, 3.8) is 0 Å². The number of rotatable bonds is 5. The van der Waals surface area contributed by atoms with Crippen LogP contribution in [-0.4, -0.2) is 61.0 Å². The van der Waals surface area contributed by atoms with Gasteiger partial charge < -0.3 is 14.6 Å². The normalized spacial score (nSPS) is 26.3. The highest BCUT2D eigenvalue weighted by Gasteiger charge is 2.41. The van der Waals surface area contributed by atoms with Crippen LogP contribution in [0.4, 0.5) is 0 Å². The Bertz CT molecular complexity index is 246. The largest absolute Gasteiger partial charge is 0.480 e. The molecule has 0 spiro atoms. The van der Waals surface area contributed by atoms with Crippen LogP contribution in [0.3, 0.4) is 0 Å². The zero-order chi connectivity index (χ0) is 12.2. The van der Waals surface area contributed by atoms with Crippen LogP contribution in [0.2, 0.25) is 0 Å². The molecular formula is C11H21NO4. The van der Waals surface area contributed by atoms with Gasteiger partial charge in [-0.15, -0.1) is 0 Å². The van der Waals surface area contributed by atoms with Crippen LogP contribution in [0, 0.1) is 0 Å². The lowest BCUT2D eigenvalue weighted by atomic mass is 9.99. The molecule has 2 unspecified atom stereocenters. The van der Waals surface area contributed by atoms with Crippen molar-refractivity contribution in [2.75, 3.05) is 33.4 Å². The summed E-state index contributed by atoms with van der Waals surface area (Å²) in [5.74, 6) is -0.842. The Kier molecular flexibility index (Phi) is 4.70. The Hall–Kier alpha value is -0.650. The van der Waals surface area contributed by atoms with Crippen molar-refractivity contribution in [3.05, 3.63) is 0 Å². The molecule has 1 saturated heterocycles. The van der Waals surface area contributed by atoms with E-state index in [-0.39, 0.29) is 12.7 Å². The number of hydrogen-bond donors (Lipinski definition) is 1. The average molecular weight is 231 g/mol. The van der Waals surface area contributed by atoms with E-state index < -0.39 is 11.5 Å². The molecule has 0 aliphatic carbocycles. The van der Waals surface area contributed by atoms with Gasteiger partial charge in [0, 0.05) is 20.2 Å². The molecule has 1 fully saturated rings. The fourth-order valence-electron chi connectivity index (χ4n) is 1.98. The molecule has 2 atom stereocenters. The number of ether oxygens (including phenoxy) is 2. The van der Waals surface area contributed by atoms with Crippen LogP contribution in [0.15, 0.2) is 0 Å². The van der Waals surface area contributed by atoms with Gasteiger partial charge in [0.1, 0.15) is 5.54 Å². The van der Waals surface area contributed by atoms with Gasteiger partial charge in [-0.05, 0) is 13.3 Å². The Morgan fingerprint density at radius 2 is 2.38 bits per heavy atom. The predicted molar refractivity (Wildman–Crippen MR) is 59.5 cm³/mol. The number of morpholine rings is 1. The monoisotopic (exact) mass is 231 g/mol. The number of hydrogen-bond acceptors (Lipinski definition) is 4. The summed E-state index contributed by atoms with van der Waals surface area (Å²) in [5, 5.41) is 9.31. The van der Waals surface area contributed by atoms with Gasteiger partial charge in [0.25, 0.3) is 0 Å². The first-order chi connectivity index (χ1) is 7.54. The summed E-state index contributed by atoms with van der Waals surface area (Å²) < 4.78 is 10.6. The standard InChI is InChI=1S/C11H21NO4/c1-4-9-7-12(5-6-16-9)11(2,8-15-3)10(13)14/h9H,4-8H2,1-3H3,(H,13,14). The Morgan fingerprint density at radius 3 is 2.88 bits per heavy atom. The first-order valence-corrected chi connectivity index (χ1v) is 5.63. The van der Waals surface area contributed by atoms with Crippen LogP contribution < -0.4 is 0 Å². The third kappa shape index (κ3) is 2.72. The summed E-state index contributed by atoms with van der Waals surface area (Å²) >= 11 is 0. The molecule has 5 nitrogen and oxygen atoms in total. The van der Waals surface area contributed by atoms with E-state index in [1.54, 1.807) is 6.92 Å². The number of aliphatic carboxylic acids is 1. The molecule has 1 rings (SSSR count). The summed E-state index contributed by atoms with van der Waals surface area (Å²) in [5.41, 5.74) is -0.952. The molecule has 0 amide bonds. The number of carboxylic acid groups (broad SMARTS) is 1. The van der Waals surface area contributed by atoms with Crippen molar-refractivity contribution >= 4 is 5.97 Å². The summed E-state index contributed by atoms with van der Waals surface area (Å²) in [6.45, 7) is 5.83. The van der Waals surface area contributed by atoms with Gasteiger partial charge in [-0.1, -0.05) is 6.92 Å². The van der Waals surface area contributed by atoms with Crippen molar-refractivity contribution in [2.45, 2.75) is 31.9 Å². The summed E-state index contributed by atoms with van der Waals surface area (Å²) in [6, 6.07) is 0. The first kappa shape index (κ1) is 13.4. The van der Waals surface area contributed by atoms with Crippen LogP contribution in [0.5, 0.6) is 0 Å². The second-order valence-electron chi connectivity index (χ2n) is 4.36. The van der Waals surface area contributed by atoms with E-state index in [1.165, 1.54) is 7.11 Å². The van der Waals surface area contributed by atoms with Crippen molar-refractivity contribution in [3.8, 4) is 0 Å². The number of nitrogens with zero attached hydrogens (tertiary/aromatic N) is 1. The maximum Gasteiger partial charge on any atom is 0.326 e. The van der Waals surface area contributed by atoms with Gasteiger partial charge in [-0.3, -0.25) is 9.69 Å². The van der Waals surface area contributed by atoms with Crippen LogP contribution in [0.1, 0.15) is 20.3 Å². The van der Waals surface area contributed by atoms with Gasteiger partial charge in [-0.25, -0.2) is 0 Å². The summed E-state index contributed by atoms with van der Waals surface area (Å²) in [4.78, 5) is 13.3. The summed E-state index contributed by atoms with van der Waals surface area (Å²) in [6.07, 6.45) is 1.03. The molecular weight excluding hydrogens is 210 g/mol. The molecule has 0 radical (unpaired) electrons. The van der Waals surface area contributed by atoms with Crippen molar-refractivity contribution in [1.82, 2.24) is 4.90 Å². The fraction of sp³-hybridized carbons (Fsp3) is 0.909. The average Bonchev–Trinajstić information content (AvgIpc) is 2.29. The number of carboxylic acids is 1. The molecule has 0 bridgehead atoms. The van der Waals surface area contributed by atoms with E-state index in [9.17, 15) is 9.90 Å². The van der Waals surface area contributed by atoms with Gasteiger partial charge in [0.05, 0.1) is 19.3 Å². The van der Waals surface area contributed by atoms with E-state index in [0.717, 1.165) is 6.42 Å². The van der Waals surface area contributed by atoms with E-state index in [2.05, 4.69) is 0 Å². The third-order valence-electron chi connectivity index (χ3n) is 3.18. The third-order valence-corrected chi connectivity index (χ3v) is 3.18. The molecule has 1 N–H and O–H groups in total. The zero-order valence-electron chi connectivity index (χ0n) is 10.2. The highest BCUT2D eigenvalue weighted by molar-refractivity contribution is 5.78. The second kappa shape index (κ2) is 5.61. The van der Waals surface area contributed by atoms with E-state index in [1.807, 2.05) is 11.8 Å². The molecule has 0 saturated carbocycles. The molecule has 1 aliphatic rings. The topological polar surface area (TPSA) is 59.0 Å². The van der Waals surface area contributed by atoms with Gasteiger partial charge >= 0.3 is 5.97 Å². The van der Waals surface area contributed by atoms with Crippen molar-refractivity contribution in [1.29, 1.82) is 0 Å². The number of carbonyl (C=O) groups is 1. The quantitative estimate of drug-likeness (QED) is 0.750. The highest BCUT2D eigenvalue weighted by Crippen LogP contribution is 2.20. The molecule has 0 aromatic rings. The minimum Gasteiger partial charge on any atom is -0.480 e. The van der Waals surface area contributed by atoms with Crippen molar-refractivity contribution < 1.29 is 19.4 Å². The van der Waals surface area contributed by atoms with Gasteiger partial charge in [-0.2, -0.15) is 0 Å². The van der Waals surface area contributed by atoms with Crippen LogP contribution in [-0.2, 0) is 14.3 Å². The Labute approximate surface area is 96.3 Å². The van der Waals surface area contributed by atoms with Crippen LogP contribution in [0.25, 0.3) is 0 Å². The molecule has 1 aliphatic heterocycles. The minimum atomic E-state index is -0.952. The fourth-order valence-corrected chi connectivity index (χ4v) is 1.98. The molecule has 1 heterocycles. The molecule has 5 heteroatoms. The minimum absolute atomic E-state index is 0.129. The van der Waals surface area contributed by atoms with Gasteiger partial charge in [0.2, 0.25) is 0 Å². The lowest BCUT2D eigenvalue weighted by Crippen LogP contribution is -2.60. The SMILES string of the molecule is CCC1CN(C(C)(COC)C(=O)O)CCO1. The summed E-state index contributed by atoms with van der Waals surface area (Å²) in [7, 11) is 1.53. The predicted octanol–water partition coefficient (Wildman–Crippen LogP) is 0.587. The number of methoxy groups -OCH3 is 1. The molecule has 16 heavy (non-hydrogen) atoms. The van der Waals surface area contributed by atoms with E-state index in [4.69, 9.17) is 9.47 Å². The lowest BCUT2D eigenvalue weighted by Gasteiger charge is -2.42.